The normalized spacial score (nSPS) is 16.4. The minimum atomic E-state index is -4.84. The van der Waals surface area contributed by atoms with Gasteiger partial charge in [0.25, 0.3) is 0 Å². The van der Waals surface area contributed by atoms with Gasteiger partial charge in [-0.05, 0) is 31.5 Å². The first-order valence-electron chi connectivity index (χ1n) is 5.87. The van der Waals surface area contributed by atoms with Crippen molar-refractivity contribution in [1.82, 2.24) is 5.32 Å². The zero-order valence-electron chi connectivity index (χ0n) is 11.0. The number of alkyl halides is 3. The lowest BCUT2D eigenvalue weighted by Crippen LogP contribution is -2.46. The minimum Gasteiger partial charge on any atom is -0.380 e. The lowest BCUT2D eigenvalue weighted by Gasteiger charge is -2.26. The molecule has 0 aliphatic heterocycles. The van der Waals surface area contributed by atoms with Crippen LogP contribution in [0.2, 0.25) is 0 Å². The molecule has 0 heterocycles. The number of halogens is 4. The monoisotopic (exact) mass is 353 g/mol. The maximum Gasteiger partial charge on any atom is 0.417 e. The van der Waals surface area contributed by atoms with Crippen LogP contribution in [0.1, 0.15) is 31.9 Å². The van der Waals surface area contributed by atoms with Gasteiger partial charge in [0, 0.05) is 4.47 Å². The highest BCUT2D eigenvalue weighted by atomic mass is 79.9. The van der Waals surface area contributed by atoms with E-state index in [-0.39, 0.29) is 0 Å². The Kier molecular flexibility index (Phi) is 5.21. The SMILES string of the molecule is C[C@H](NC(=O)CC(C)(O)C(F)(F)F)c1cccc(Br)c1. The van der Waals surface area contributed by atoms with E-state index >= 15 is 0 Å². The van der Waals surface area contributed by atoms with E-state index in [9.17, 15) is 23.1 Å². The first-order valence-corrected chi connectivity index (χ1v) is 6.66. The standard InChI is InChI=1S/C13H15BrF3NO2/c1-8(9-4-3-5-10(14)6-9)18-11(19)7-12(2,20)13(15,16)17/h3-6,8,20H,7H2,1-2H3,(H,18,19)/t8-,12?/m0/s1. The summed E-state index contributed by atoms with van der Waals surface area (Å²) in [7, 11) is 0. The highest BCUT2D eigenvalue weighted by Crippen LogP contribution is 2.32. The fraction of sp³-hybridized carbons (Fsp3) is 0.462. The van der Waals surface area contributed by atoms with Crippen LogP contribution in [0.5, 0.6) is 0 Å². The third-order valence-electron chi connectivity index (χ3n) is 2.84. The van der Waals surface area contributed by atoms with Gasteiger partial charge in [-0.2, -0.15) is 13.2 Å². The molecule has 1 aromatic rings. The molecular formula is C13H15BrF3NO2. The fourth-order valence-electron chi connectivity index (χ4n) is 1.56. The Morgan fingerprint density at radius 1 is 1.45 bits per heavy atom. The molecule has 1 rings (SSSR count). The summed E-state index contributed by atoms with van der Waals surface area (Å²) >= 11 is 3.27. The van der Waals surface area contributed by atoms with E-state index in [0.717, 1.165) is 10.0 Å². The highest BCUT2D eigenvalue weighted by molar-refractivity contribution is 9.10. The van der Waals surface area contributed by atoms with Crippen LogP contribution in [-0.4, -0.2) is 22.8 Å². The van der Waals surface area contributed by atoms with Crippen LogP contribution in [0.15, 0.2) is 28.7 Å². The second kappa shape index (κ2) is 6.13. The smallest absolute Gasteiger partial charge is 0.380 e. The third-order valence-corrected chi connectivity index (χ3v) is 3.33. The van der Waals surface area contributed by atoms with Crippen LogP contribution < -0.4 is 5.32 Å². The Hall–Kier alpha value is -1.08. The number of nitrogens with one attached hydrogen (secondary N) is 1. The van der Waals surface area contributed by atoms with Crippen molar-refractivity contribution in [2.45, 2.75) is 38.1 Å². The van der Waals surface area contributed by atoms with Gasteiger partial charge in [-0.15, -0.1) is 0 Å². The van der Waals surface area contributed by atoms with E-state index in [1.54, 1.807) is 31.2 Å². The molecule has 1 aromatic carbocycles. The molecular weight excluding hydrogens is 339 g/mol. The van der Waals surface area contributed by atoms with Gasteiger partial charge in [-0.1, -0.05) is 28.1 Å². The Bertz CT molecular complexity index is 489. The number of amides is 1. The van der Waals surface area contributed by atoms with Crippen molar-refractivity contribution in [3.63, 3.8) is 0 Å². The molecule has 7 heteroatoms. The Morgan fingerprint density at radius 2 is 2.05 bits per heavy atom. The van der Waals surface area contributed by atoms with Crippen molar-refractivity contribution in [3.8, 4) is 0 Å². The molecule has 0 saturated carbocycles. The molecule has 0 aliphatic rings. The molecule has 0 bridgehead atoms. The predicted molar refractivity (Wildman–Crippen MR) is 72.0 cm³/mol. The number of hydrogen-bond acceptors (Lipinski definition) is 2. The van der Waals surface area contributed by atoms with Crippen molar-refractivity contribution >= 4 is 21.8 Å². The van der Waals surface area contributed by atoms with E-state index in [1.807, 2.05) is 0 Å². The molecule has 2 atom stereocenters. The summed E-state index contributed by atoms with van der Waals surface area (Å²) < 4.78 is 38.2. The zero-order chi connectivity index (χ0) is 15.6. The zero-order valence-corrected chi connectivity index (χ0v) is 12.5. The number of rotatable bonds is 4. The Morgan fingerprint density at radius 3 is 2.55 bits per heavy atom. The van der Waals surface area contributed by atoms with Crippen molar-refractivity contribution in [3.05, 3.63) is 34.3 Å². The van der Waals surface area contributed by atoms with Gasteiger partial charge in [0.05, 0.1) is 12.5 Å². The maximum atomic E-state index is 12.5. The first-order chi connectivity index (χ1) is 9.03. The largest absolute Gasteiger partial charge is 0.417 e. The molecule has 1 amide bonds. The van der Waals surface area contributed by atoms with Gasteiger partial charge in [-0.25, -0.2) is 0 Å². The second-order valence-electron chi connectivity index (χ2n) is 4.79. The summed E-state index contributed by atoms with van der Waals surface area (Å²) in [5, 5.41) is 11.7. The quantitative estimate of drug-likeness (QED) is 0.872. The molecule has 1 unspecified atom stereocenters. The average molecular weight is 354 g/mol. The Balaban J connectivity index is 2.68. The van der Waals surface area contributed by atoms with Gasteiger partial charge in [0.1, 0.15) is 0 Å². The summed E-state index contributed by atoms with van der Waals surface area (Å²) in [6.45, 7) is 2.23. The van der Waals surface area contributed by atoms with Gasteiger partial charge in [0.2, 0.25) is 5.91 Å². The number of hydrogen-bond donors (Lipinski definition) is 2. The van der Waals surface area contributed by atoms with E-state index < -0.39 is 30.1 Å². The van der Waals surface area contributed by atoms with Crippen molar-refractivity contribution < 1.29 is 23.1 Å². The van der Waals surface area contributed by atoms with Crippen LogP contribution in [0.4, 0.5) is 13.2 Å². The number of benzene rings is 1. The van der Waals surface area contributed by atoms with Crippen molar-refractivity contribution in [2.24, 2.45) is 0 Å². The topological polar surface area (TPSA) is 49.3 Å². The molecule has 3 nitrogen and oxygen atoms in total. The van der Waals surface area contributed by atoms with E-state index in [4.69, 9.17) is 0 Å². The molecule has 2 N–H and O–H groups in total. The van der Waals surface area contributed by atoms with Crippen LogP contribution in [0.25, 0.3) is 0 Å². The molecule has 0 saturated heterocycles. The summed E-state index contributed by atoms with van der Waals surface area (Å²) in [6.07, 6.45) is -5.88. The molecule has 0 fully saturated rings. The fourth-order valence-corrected chi connectivity index (χ4v) is 1.98. The van der Waals surface area contributed by atoms with Crippen LogP contribution in [0.3, 0.4) is 0 Å². The summed E-state index contributed by atoms with van der Waals surface area (Å²) in [5.41, 5.74) is -2.28. The third kappa shape index (κ3) is 4.49. The van der Waals surface area contributed by atoms with Gasteiger partial charge < -0.3 is 10.4 Å². The molecule has 0 spiro atoms. The Labute approximate surface area is 123 Å². The average Bonchev–Trinajstić information content (AvgIpc) is 2.26. The van der Waals surface area contributed by atoms with E-state index in [1.165, 1.54) is 0 Å². The molecule has 20 heavy (non-hydrogen) atoms. The summed E-state index contributed by atoms with van der Waals surface area (Å²) in [6, 6.07) is 6.61. The first kappa shape index (κ1) is 17.0. The lowest BCUT2D eigenvalue weighted by molar-refractivity contribution is -0.253. The van der Waals surface area contributed by atoms with Crippen LogP contribution in [-0.2, 0) is 4.79 Å². The molecule has 0 radical (unpaired) electrons. The van der Waals surface area contributed by atoms with Gasteiger partial charge >= 0.3 is 6.18 Å². The lowest BCUT2D eigenvalue weighted by atomic mass is 10.0. The highest BCUT2D eigenvalue weighted by Gasteiger charge is 2.51. The van der Waals surface area contributed by atoms with E-state index in [0.29, 0.717) is 6.92 Å². The van der Waals surface area contributed by atoms with Crippen molar-refractivity contribution in [1.29, 1.82) is 0 Å². The van der Waals surface area contributed by atoms with Crippen LogP contribution in [0, 0.1) is 0 Å². The minimum absolute atomic E-state index is 0.455. The van der Waals surface area contributed by atoms with Gasteiger partial charge in [-0.3, -0.25) is 4.79 Å². The van der Waals surface area contributed by atoms with Crippen LogP contribution >= 0.6 is 15.9 Å². The number of aliphatic hydroxyl groups is 1. The molecule has 0 aliphatic carbocycles. The second-order valence-corrected chi connectivity index (χ2v) is 5.71. The summed E-state index contributed by atoms with van der Waals surface area (Å²) in [5.74, 6) is -0.861. The summed E-state index contributed by atoms with van der Waals surface area (Å²) in [4.78, 5) is 11.6. The number of carbonyl (C=O) groups excluding carboxylic acids is 1. The van der Waals surface area contributed by atoms with Crippen molar-refractivity contribution in [2.75, 3.05) is 0 Å². The van der Waals surface area contributed by atoms with Gasteiger partial charge in [0.15, 0.2) is 5.60 Å². The molecule has 112 valence electrons. The number of carbonyl (C=O) groups is 1. The predicted octanol–water partition coefficient (Wildman–Crippen LogP) is 3.33. The molecule has 0 aromatic heterocycles. The van der Waals surface area contributed by atoms with E-state index in [2.05, 4.69) is 21.2 Å². The maximum absolute atomic E-state index is 12.5.